The Bertz CT molecular complexity index is 406. The van der Waals surface area contributed by atoms with Gasteiger partial charge in [-0.3, -0.25) is 0 Å². The van der Waals surface area contributed by atoms with Gasteiger partial charge in [-0.05, 0) is 56.5 Å². The van der Waals surface area contributed by atoms with E-state index in [2.05, 4.69) is 48.6 Å². The van der Waals surface area contributed by atoms with Crippen LogP contribution in [0.5, 0.6) is 0 Å². The van der Waals surface area contributed by atoms with Crippen molar-refractivity contribution < 1.29 is 5.11 Å². The predicted octanol–water partition coefficient (Wildman–Crippen LogP) is 2.96. The quantitative estimate of drug-likeness (QED) is 0.838. The molecule has 1 aliphatic rings. The average Bonchev–Trinajstić information content (AvgIpc) is 2.45. The first kappa shape index (κ1) is 15.3. The summed E-state index contributed by atoms with van der Waals surface area (Å²) >= 11 is 0. The van der Waals surface area contributed by atoms with E-state index >= 15 is 0 Å². The lowest BCUT2D eigenvalue weighted by atomic mass is 9.79. The van der Waals surface area contributed by atoms with Crippen molar-refractivity contribution >= 4 is 5.69 Å². The van der Waals surface area contributed by atoms with E-state index in [-0.39, 0.29) is 0 Å². The standard InChI is InChI=1S/C17H28N2O/c1-19(2)12-14-6-5-9-17(10-14)18-11-15-7-3-4-8-16(15)13-20/h5-6,9-10,15-16,18,20H,3-4,7-8,11-13H2,1-2H3. The molecule has 3 heteroatoms. The van der Waals surface area contributed by atoms with E-state index in [4.69, 9.17) is 0 Å². The summed E-state index contributed by atoms with van der Waals surface area (Å²) in [4.78, 5) is 2.18. The lowest BCUT2D eigenvalue weighted by Gasteiger charge is -2.30. The monoisotopic (exact) mass is 276 g/mol. The van der Waals surface area contributed by atoms with Crippen molar-refractivity contribution in [3.8, 4) is 0 Å². The second kappa shape index (κ2) is 7.65. The number of nitrogens with one attached hydrogen (secondary N) is 1. The van der Waals surface area contributed by atoms with Crippen LogP contribution in [-0.2, 0) is 6.54 Å². The highest BCUT2D eigenvalue weighted by Crippen LogP contribution is 2.29. The fourth-order valence-corrected chi connectivity index (χ4v) is 3.19. The molecule has 2 unspecified atom stereocenters. The lowest BCUT2D eigenvalue weighted by Crippen LogP contribution is -2.28. The van der Waals surface area contributed by atoms with Crippen LogP contribution in [0.25, 0.3) is 0 Å². The van der Waals surface area contributed by atoms with Crippen molar-refractivity contribution in [2.75, 3.05) is 32.6 Å². The number of aliphatic hydroxyl groups excluding tert-OH is 1. The lowest BCUT2D eigenvalue weighted by molar-refractivity contribution is 0.141. The summed E-state index contributed by atoms with van der Waals surface area (Å²) < 4.78 is 0. The molecule has 2 atom stereocenters. The fraction of sp³-hybridized carbons (Fsp3) is 0.647. The molecule has 0 spiro atoms. The number of hydrogen-bond donors (Lipinski definition) is 2. The van der Waals surface area contributed by atoms with E-state index in [0.29, 0.717) is 18.4 Å². The van der Waals surface area contributed by atoms with E-state index in [1.54, 1.807) is 0 Å². The van der Waals surface area contributed by atoms with Gasteiger partial charge in [-0.15, -0.1) is 0 Å². The topological polar surface area (TPSA) is 35.5 Å². The first-order chi connectivity index (χ1) is 9.69. The van der Waals surface area contributed by atoms with Crippen LogP contribution in [0.15, 0.2) is 24.3 Å². The highest BCUT2D eigenvalue weighted by molar-refractivity contribution is 5.45. The van der Waals surface area contributed by atoms with E-state index in [9.17, 15) is 5.11 Å². The average molecular weight is 276 g/mol. The normalized spacial score (nSPS) is 23.0. The summed E-state index contributed by atoms with van der Waals surface area (Å²) in [6, 6.07) is 8.65. The van der Waals surface area contributed by atoms with E-state index < -0.39 is 0 Å². The third-order valence-corrected chi connectivity index (χ3v) is 4.30. The first-order valence-electron chi connectivity index (χ1n) is 7.77. The number of rotatable bonds is 6. The van der Waals surface area contributed by atoms with Gasteiger partial charge in [-0.1, -0.05) is 25.0 Å². The summed E-state index contributed by atoms with van der Waals surface area (Å²) in [5.74, 6) is 1.10. The van der Waals surface area contributed by atoms with Gasteiger partial charge in [0.15, 0.2) is 0 Å². The zero-order valence-electron chi connectivity index (χ0n) is 12.8. The van der Waals surface area contributed by atoms with Gasteiger partial charge >= 0.3 is 0 Å². The molecule has 0 aliphatic heterocycles. The number of hydrogen-bond acceptors (Lipinski definition) is 3. The Kier molecular flexibility index (Phi) is 5.86. The Morgan fingerprint density at radius 1 is 1.20 bits per heavy atom. The Hall–Kier alpha value is -1.06. The van der Waals surface area contributed by atoms with Crippen molar-refractivity contribution in [2.45, 2.75) is 32.2 Å². The Morgan fingerprint density at radius 3 is 2.65 bits per heavy atom. The summed E-state index contributed by atoms with van der Waals surface area (Å²) in [6.45, 7) is 2.29. The molecule has 112 valence electrons. The van der Waals surface area contributed by atoms with Crippen LogP contribution in [0.1, 0.15) is 31.2 Å². The minimum atomic E-state index is 0.340. The molecule has 3 nitrogen and oxygen atoms in total. The van der Waals surface area contributed by atoms with Crippen LogP contribution in [0.2, 0.25) is 0 Å². The molecule has 1 aromatic rings. The van der Waals surface area contributed by atoms with Crippen molar-refractivity contribution in [3.05, 3.63) is 29.8 Å². The number of benzene rings is 1. The first-order valence-corrected chi connectivity index (χ1v) is 7.77. The van der Waals surface area contributed by atoms with Crippen LogP contribution in [0.3, 0.4) is 0 Å². The zero-order chi connectivity index (χ0) is 14.4. The molecule has 0 amide bonds. The van der Waals surface area contributed by atoms with Gasteiger partial charge in [-0.2, -0.15) is 0 Å². The van der Waals surface area contributed by atoms with Crippen LogP contribution in [0, 0.1) is 11.8 Å². The van der Waals surface area contributed by atoms with Gasteiger partial charge in [-0.25, -0.2) is 0 Å². The van der Waals surface area contributed by atoms with E-state index in [1.165, 1.54) is 36.9 Å². The van der Waals surface area contributed by atoms with Gasteiger partial charge in [0.1, 0.15) is 0 Å². The van der Waals surface area contributed by atoms with Crippen LogP contribution in [-0.4, -0.2) is 37.3 Å². The maximum atomic E-state index is 9.47. The summed E-state index contributed by atoms with van der Waals surface area (Å²) in [5.41, 5.74) is 2.54. The summed E-state index contributed by atoms with van der Waals surface area (Å²) in [5, 5.41) is 13.0. The molecule has 2 N–H and O–H groups in total. The molecule has 0 heterocycles. The Balaban J connectivity index is 1.89. The molecule has 20 heavy (non-hydrogen) atoms. The van der Waals surface area contributed by atoms with Crippen molar-refractivity contribution in [3.63, 3.8) is 0 Å². The molecule has 1 saturated carbocycles. The molecule has 1 fully saturated rings. The highest BCUT2D eigenvalue weighted by atomic mass is 16.3. The maximum absolute atomic E-state index is 9.47. The molecule has 0 bridgehead atoms. The fourth-order valence-electron chi connectivity index (χ4n) is 3.19. The molecule has 1 aliphatic carbocycles. The van der Waals surface area contributed by atoms with Crippen LogP contribution in [0.4, 0.5) is 5.69 Å². The Labute approximate surface area is 123 Å². The number of nitrogens with zero attached hydrogens (tertiary/aromatic N) is 1. The molecule has 0 aromatic heterocycles. The molecular weight excluding hydrogens is 248 g/mol. The summed E-state index contributed by atoms with van der Waals surface area (Å²) in [7, 11) is 4.18. The van der Waals surface area contributed by atoms with Crippen LogP contribution >= 0.6 is 0 Å². The van der Waals surface area contributed by atoms with E-state index in [0.717, 1.165) is 13.1 Å². The minimum Gasteiger partial charge on any atom is -0.396 e. The molecule has 1 aromatic carbocycles. The highest BCUT2D eigenvalue weighted by Gasteiger charge is 2.23. The van der Waals surface area contributed by atoms with Gasteiger partial charge in [0.2, 0.25) is 0 Å². The third kappa shape index (κ3) is 4.50. The van der Waals surface area contributed by atoms with Gasteiger partial charge in [0, 0.05) is 25.4 Å². The molecule has 2 rings (SSSR count). The second-order valence-electron chi connectivity index (χ2n) is 6.31. The minimum absolute atomic E-state index is 0.340. The maximum Gasteiger partial charge on any atom is 0.0462 e. The summed E-state index contributed by atoms with van der Waals surface area (Å²) in [6.07, 6.45) is 5.02. The third-order valence-electron chi connectivity index (χ3n) is 4.30. The molecular formula is C17H28N2O. The smallest absolute Gasteiger partial charge is 0.0462 e. The number of anilines is 1. The van der Waals surface area contributed by atoms with Crippen molar-refractivity contribution in [1.82, 2.24) is 4.90 Å². The molecule has 0 saturated heterocycles. The Morgan fingerprint density at radius 2 is 1.95 bits per heavy atom. The van der Waals surface area contributed by atoms with Gasteiger partial charge in [0.05, 0.1) is 0 Å². The molecule has 0 radical (unpaired) electrons. The van der Waals surface area contributed by atoms with Crippen molar-refractivity contribution in [2.24, 2.45) is 11.8 Å². The second-order valence-corrected chi connectivity index (χ2v) is 6.31. The number of aliphatic hydroxyl groups is 1. The van der Waals surface area contributed by atoms with Crippen molar-refractivity contribution in [1.29, 1.82) is 0 Å². The largest absolute Gasteiger partial charge is 0.396 e. The van der Waals surface area contributed by atoms with Gasteiger partial charge < -0.3 is 15.3 Å². The predicted molar refractivity (Wildman–Crippen MR) is 84.9 cm³/mol. The SMILES string of the molecule is CN(C)Cc1cccc(NCC2CCCCC2CO)c1. The zero-order valence-corrected chi connectivity index (χ0v) is 12.8. The van der Waals surface area contributed by atoms with Gasteiger partial charge in [0.25, 0.3) is 0 Å². The van der Waals surface area contributed by atoms with Crippen LogP contribution < -0.4 is 5.32 Å². The van der Waals surface area contributed by atoms with E-state index in [1.807, 2.05) is 0 Å².